The molecule has 1 aliphatic carbocycles. The predicted octanol–water partition coefficient (Wildman–Crippen LogP) is 2.79. The normalized spacial score (nSPS) is 27.0. The van der Waals surface area contributed by atoms with Crippen LogP contribution in [0.2, 0.25) is 0 Å². The van der Waals surface area contributed by atoms with Crippen LogP contribution < -0.4 is 0 Å². The Morgan fingerprint density at radius 3 is 2.52 bits per heavy atom. The van der Waals surface area contributed by atoms with Gasteiger partial charge >= 0.3 is 0 Å². The Morgan fingerprint density at radius 2 is 1.90 bits per heavy atom. The van der Waals surface area contributed by atoms with Crippen LogP contribution in [0.5, 0.6) is 0 Å². The molecule has 3 nitrogen and oxygen atoms in total. The quantitative estimate of drug-likeness (QED) is 0.905. The second kappa shape index (κ2) is 6.47. The molecule has 2 atom stereocenters. The van der Waals surface area contributed by atoms with E-state index in [1.807, 2.05) is 30.3 Å². The monoisotopic (exact) mass is 289 g/mol. The molecular formula is C18H27NO2. The third-order valence-electron chi connectivity index (χ3n) is 5.19. The van der Waals surface area contributed by atoms with Crippen LogP contribution in [0.25, 0.3) is 0 Å². The maximum Gasteiger partial charge on any atom is 0.116 e. The van der Waals surface area contributed by atoms with E-state index in [4.69, 9.17) is 4.74 Å². The average molecular weight is 289 g/mol. The van der Waals surface area contributed by atoms with Gasteiger partial charge in [0, 0.05) is 13.1 Å². The minimum atomic E-state index is -0.821. The molecule has 0 amide bonds. The first-order valence-electron chi connectivity index (χ1n) is 8.26. The molecule has 2 unspecified atom stereocenters. The summed E-state index contributed by atoms with van der Waals surface area (Å²) in [5, 5.41) is 11.4. The Kier molecular flexibility index (Phi) is 4.63. The van der Waals surface area contributed by atoms with Gasteiger partial charge in [0.2, 0.25) is 0 Å². The lowest BCUT2D eigenvalue weighted by Crippen LogP contribution is -2.40. The highest BCUT2D eigenvalue weighted by molar-refractivity contribution is 5.24. The smallest absolute Gasteiger partial charge is 0.116 e. The lowest BCUT2D eigenvalue weighted by Gasteiger charge is -2.35. The van der Waals surface area contributed by atoms with Gasteiger partial charge < -0.3 is 14.7 Å². The first-order chi connectivity index (χ1) is 10.2. The van der Waals surface area contributed by atoms with Crippen LogP contribution in [0.1, 0.15) is 37.7 Å². The van der Waals surface area contributed by atoms with E-state index in [1.54, 1.807) is 0 Å². The van der Waals surface area contributed by atoms with E-state index in [0.29, 0.717) is 12.5 Å². The van der Waals surface area contributed by atoms with Gasteiger partial charge in [-0.3, -0.25) is 0 Å². The van der Waals surface area contributed by atoms with Gasteiger partial charge in [-0.15, -0.1) is 0 Å². The van der Waals surface area contributed by atoms with Crippen LogP contribution in [0.3, 0.4) is 0 Å². The van der Waals surface area contributed by atoms with Crippen LogP contribution in [0.4, 0.5) is 0 Å². The summed E-state index contributed by atoms with van der Waals surface area (Å²) in [7, 11) is 2.13. The maximum absolute atomic E-state index is 11.4. The number of likely N-dealkylation sites (N-methyl/N-ethyl adjacent to an activating group) is 1. The largest absolute Gasteiger partial charge is 0.382 e. The van der Waals surface area contributed by atoms with Crippen LogP contribution in [-0.4, -0.2) is 42.9 Å². The molecule has 3 heteroatoms. The molecule has 116 valence electrons. The number of rotatable bonds is 5. The Labute approximate surface area is 127 Å². The molecule has 0 spiro atoms. The van der Waals surface area contributed by atoms with Gasteiger partial charge in [-0.1, -0.05) is 43.2 Å². The second-order valence-corrected chi connectivity index (χ2v) is 6.76. The van der Waals surface area contributed by atoms with Gasteiger partial charge in [0.05, 0.1) is 12.7 Å². The van der Waals surface area contributed by atoms with Gasteiger partial charge in [-0.2, -0.15) is 0 Å². The van der Waals surface area contributed by atoms with Crippen LogP contribution in [-0.2, 0) is 10.3 Å². The van der Waals surface area contributed by atoms with E-state index in [-0.39, 0.29) is 6.10 Å². The van der Waals surface area contributed by atoms with E-state index in [0.717, 1.165) is 37.9 Å². The van der Waals surface area contributed by atoms with Gasteiger partial charge in [0.25, 0.3) is 0 Å². The number of hydrogen-bond acceptors (Lipinski definition) is 3. The van der Waals surface area contributed by atoms with E-state index < -0.39 is 5.60 Å². The first kappa shape index (κ1) is 15.0. The molecule has 1 saturated heterocycles. The van der Waals surface area contributed by atoms with E-state index in [2.05, 4.69) is 11.9 Å². The zero-order valence-electron chi connectivity index (χ0n) is 13.0. The van der Waals surface area contributed by atoms with Crippen molar-refractivity contribution in [3.63, 3.8) is 0 Å². The molecule has 2 fully saturated rings. The van der Waals surface area contributed by atoms with Crippen molar-refractivity contribution in [2.75, 3.05) is 26.7 Å². The van der Waals surface area contributed by atoms with Gasteiger partial charge in [-0.25, -0.2) is 0 Å². The highest BCUT2D eigenvalue weighted by Gasteiger charge is 2.41. The second-order valence-electron chi connectivity index (χ2n) is 6.76. The molecule has 1 heterocycles. The van der Waals surface area contributed by atoms with Crippen molar-refractivity contribution in [1.82, 2.24) is 4.90 Å². The first-order valence-corrected chi connectivity index (χ1v) is 8.26. The van der Waals surface area contributed by atoms with Gasteiger partial charge in [0.1, 0.15) is 5.60 Å². The number of benzene rings is 1. The summed E-state index contributed by atoms with van der Waals surface area (Å²) >= 11 is 0. The third kappa shape index (κ3) is 3.31. The molecule has 21 heavy (non-hydrogen) atoms. The van der Waals surface area contributed by atoms with Crippen LogP contribution in [0, 0.1) is 5.92 Å². The summed E-state index contributed by atoms with van der Waals surface area (Å²) in [6.45, 7) is 2.51. The summed E-state index contributed by atoms with van der Waals surface area (Å²) in [5.41, 5.74) is 0.196. The third-order valence-corrected chi connectivity index (χ3v) is 5.19. The average Bonchev–Trinajstić information content (AvgIpc) is 3.17. The molecule has 1 N–H and O–H groups in total. The molecule has 2 aliphatic rings. The number of aliphatic hydroxyl groups is 1. The molecule has 1 aromatic rings. The topological polar surface area (TPSA) is 32.7 Å². The molecule has 1 saturated carbocycles. The Bertz CT molecular complexity index is 444. The standard InChI is InChI=1S/C18H27NO2/c1-19-12-11-17(13-19)21-14-18(20,16-9-5-6-10-16)15-7-3-2-4-8-15/h2-4,7-8,16-17,20H,5-6,9-14H2,1H3. The maximum atomic E-state index is 11.4. The Balaban J connectivity index is 1.73. The van der Waals surface area contributed by atoms with E-state index in [9.17, 15) is 5.11 Å². The van der Waals surface area contributed by atoms with E-state index in [1.165, 1.54) is 12.8 Å². The van der Waals surface area contributed by atoms with Crippen molar-refractivity contribution in [1.29, 1.82) is 0 Å². The molecule has 0 bridgehead atoms. The molecule has 1 aliphatic heterocycles. The number of likely N-dealkylation sites (tertiary alicyclic amines) is 1. The zero-order chi connectivity index (χ0) is 14.7. The summed E-state index contributed by atoms with van der Waals surface area (Å²) < 4.78 is 6.11. The fourth-order valence-corrected chi connectivity index (χ4v) is 3.84. The fourth-order valence-electron chi connectivity index (χ4n) is 3.84. The van der Waals surface area contributed by atoms with E-state index >= 15 is 0 Å². The molecular weight excluding hydrogens is 262 g/mol. The van der Waals surface area contributed by atoms with Crippen LogP contribution >= 0.6 is 0 Å². The highest BCUT2D eigenvalue weighted by Crippen LogP contribution is 2.41. The summed E-state index contributed by atoms with van der Waals surface area (Å²) in [5.74, 6) is 0.332. The molecule has 0 radical (unpaired) electrons. The van der Waals surface area contributed by atoms with Gasteiger partial charge in [-0.05, 0) is 37.8 Å². The van der Waals surface area contributed by atoms with Crippen molar-refractivity contribution < 1.29 is 9.84 Å². The van der Waals surface area contributed by atoms with Crippen molar-refractivity contribution in [2.45, 2.75) is 43.8 Å². The highest BCUT2D eigenvalue weighted by atomic mass is 16.5. The lowest BCUT2D eigenvalue weighted by molar-refractivity contribution is -0.107. The zero-order valence-corrected chi connectivity index (χ0v) is 13.0. The predicted molar refractivity (Wildman–Crippen MR) is 84.2 cm³/mol. The number of nitrogens with zero attached hydrogens (tertiary/aromatic N) is 1. The van der Waals surface area contributed by atoms with Gasteiger partial charge in [0.15, 0.2) is 0 Å². The number of ether oxygens (including phenoxy) is 1. The molecule has 3 rings (SSSR count). The van der Waals surface area contributed by atoms with Crippen molar-refractivity contribution >= 4 is 0 Å². The Hall–Kier alpha value is -0.900. The SMILES string of the molecule is CN1CCC(OCC(O)(c2ccccc2)C2CCCC2)C1. The summed E-state index contributed by atoms with van der Waals surface area (Å²) in [4.78, 5) is 2.29. The lowest BCUT2D eigenvalue weighted by atomic mass is 9.80. The fraction of sp³-hybridized carbons (Fsp3) is 0.667. The van der Waals surface area contributed by atoms with Crippen molar-refractivity contribution in [3.05, 3.63) is 35.9 Å². The Morgan fingerprint density at radius 1 is 1.19 bits per heavy atom. The summed E-state index contributed by atoms with van der Waals surface area (Å²) in [6, 6.07) is 10.1. The van der Waals surface area contributed by atoms with Crippen LogP contribution in [0.15, 0.2) is 30.3 Å². The minimum absolute atomic E-state index is 0.270. The van der Waals surface area contributed by atoms with Crippen molar-refractivity contribution in [2.24, 2.45) is 5.92 Å². The van der Waals surface area contributed by atoms with Crippen molar-refractivity contribution in [3.8, 4) is 0 Å². The molecule has 0 aromatic heterocycles. The number of hydrogen-bond donors (Lipinski definition) is 1. The minimum Gasteiger partial charge on any atom is -0.382 e. The molecule has 1 aromatic carbocycles. The summed E-state index contributed by atoms with van der Waals surface area (Å²) in [6.07, 6.45) is 6.02.